The van der Waals surface area contributed by atoms with Crippen LogP contribution in [0.15, 0.2) is 28.7 Å². The quantitative estimate of drug-likeness (QED) is 0.621. The number of furan rings is 1. The Morgan fingerprint density at radius 3 is 2.73 bits per heavy atom. The molecule has 2 heteroatoms. The van der Waals surface area contributed by atoms with Gasteiger partial charge in [0.25, 0.3) is 0 Å². The van der Waals surface area contributed by atoms with Crippen molar-refractivity contribution >= 4 is 16.9 Å². The minimum Gasteiger partial charge on any atom is -0.441 e. The molecule has 0 unspecified atom stereocenters. The van der Waals surface area contributed by atoms with Gasteiger partial charge in [-0.15, -0.1) is 0 Å². The lowest BCUT2D eigenvalue weighted by Crippen LogP contribution is -1.81. The highest BCUT2D eigenvalue weighted by atomic mass is 16.3. The number of anilines is 1. The zero-order chi connectivity index (χ0) is 7.84. The van der Waals surface area contributed by atoms with Crippen molar-refractivity contribution in [3.8, 4) is 0 Å². The summed E-state index contributed by atoms with van der Waals surface area (Å²) in [5.41, 5.74) is 7.48. The van der Waals surface area contributed by atoms with Crippen LogP contribution < -0.4 is 5.73 Å². The number of benzene rings is 1. The van der Waals surface area contributed by atoms with Crippen LogP contribution in [0, 0.1) is 6.92 Å². The first-order chi connectivity index (χ1) is 5.29. The molecule has 0 saturated heterocycles. The van der Waals surface area contributed by atoms with Gasteiger partial charge in [-0.3, -0.25) is 0 Å². The molecule has 2 nitrogen and oxygen atoms in total. The summed E-state index contributed by atoms with van der Waals surface area (Å²) in [4.78, 5) is 0. The van der Waals surface area contributed by atoms with Gasteiger partial charge in [0, 0.05) is 10.9 Å². The van der Waals surface area contributed by atoms with Crippen molar-refractivity contribution in [2.24, 2.45) is 0 Å². The number of hydrogen-bond acceptors (Lipinski definition) is 2. The molecule has 1 heterocycles. The van der Waals surface area contributed by atoms with Crippen molar-refractivity contribution in [2.75, 3.05) is 5.73 Å². The first kappa shape index (κ1) is 6.28. The van der Waals surface area contributed by atoms with Gasteiger partial charge < -0.3 is 10.2 Å². The van der Waals surface area contributed by atoms with Gasteiger partial charge in [0.2, 0.25) is 0 Å². The van der Waals surface area contributed by atoms with Crippen molar-refractivity contribution in [3.05, 3.63) is 29.8 Å². The van der Waals surface area contributed by atoms with Gasteiger partial charge in [0.1, 0.15) is 5.58 Å². The molecular formula is C9H9NO. The lowest BCUT2D eigenvalue weighted by atomic mass is 10.2. The highest BCUT2D eigenvalue weighted by Gasteiger charge is 2.04. The Kier molecular flexibility index (Phi) is 1.15. The molecule has 1 aromatic heterocycles. The Hall–Kier alpha value is -1.44. The summed E-state index contributed by atoms with van der Waals surface area (Å²) in [5, 5.41) is 1.10. The third-order valence-electron chi connectivity index (χ3n) is 1.88. The zero-order valence-corrected chi connectivity index (χ0v) is 6.29. The molecule has 0 spiro atoms. The molecule has 0 radical (unpaired) electrons. The SMILES string of the molecule is Cc1c(N)oc2ccccc12. The van der Waals surface area contributed by atoms with E-state index in [9.17, 15) is 0 Å². The average Bonchev–Trinajstić information content (AvgIpc) is 2.30. The van der Waals surface area contributed by atoms with E-state index >= 15 is 0 Å². The number of nitrogen functional groups attached to an aromatic ring is 1. The van der Waals surface area contributed by atoms with E-state index in [1.54, 1.807) is 0 Å². The lowest BCUT2D eigenvalue weighted by molar-refractivity contribution is 0.635. The highest BCUT2D eigenvalue weighted by Crippen LogP contribution is 2.25. The number of rotatable bonds is 0. The Bertz CT molecular complexity index is 389. The molecule has 0 aliphatic rings. The van der Waals surface area contributed by atoms with Gasteiger partial charge in [-0.05, 0) is 13.0 Å². The molecule has 56 valence electrons. The summed E-state index contributed by atoms with van der Waals surface area (Å²) in [5.74, 6) is 0.520. The topological polar surface area (TPSA) is 39.2 Å². The molecule has 1 aromatic carbocycles. The smallest absolute Gasteiger partial charge is 0.194 e. The van der Waals surface area contributed by atoms with Crippen molar-refractivity contribution in [1.29, 1.82) is 0 Å². The molecule has 0 saturated carbocycles. The predicted molar refractivity (Wildman–Crippen MR) is 45.4 cm³/mol. The summed E-state index contributed by atoms with van der Waals surface area (Å²) >= 11 is 0. The van der Waals surface area contributed by atoms with Gasteiger partial charge in [-0.1, -0.05) is 18.2 Å². The van der Waals surface area contributed by atoms with Gasteiger partial charge in [0.15, 0.2) is 5.88 Å². The van der Waals surface area contributed by atoms with Crippen LogP contribution in [0.3, 0.4) is 0 Å². The van der Waals surface area contributed by atoms with Crippen LogP contribution in [0.4, 0.5) is 5.88 Å². The molecule has 2 N–H and O–H groups in total. The summed E-state index contributed by atoms with van der Waals surface area (Å²) in [7, 11) is 0. The van der Waals surface area contributed by atoms with Crippen LogP contribution in [0.25, 0.3) is 11.0 Å². The molecule has 2 aromatic rings. The fraction of sp³-hybridized carbons (Fsp3) is 0.111. The van der Waals surface area contributed by atoms with Crippen LogP contribution in [-0.4, -0.2) is 0 Å². The minimum atomic E-state index is 0.520. The summed E-state index contributed by atoms with van der Waals surface area (Å²) in [6, 6.07) is 7.83. The Morgan fingerprint density at radius 2 is 2.00 bits per heavy atom. The normalized spacial score (nSPS) is 10.6. The third-order valence-corrected chi connectivity index (χ3v) is 1.88. The van der Waals surface area contributed by atoms with E-state index < -0.39 is 0 Å². The van der Waals surface area contributed by atoms with Gasteiger partial charge in [-0.25, -0.2) is 0 Å². The molecule has 0 aliphatic heterocycles. The fourth-order valence-electron chi connectivity index (χ4n) is 1.19. The van der Waals surface area contributed by atoms with Gasteiger partial charge in [-0.2, -0.15) is 0 Å². The fourth-order valence-corrected chi connectivity index (χ4v) is 1.19. The first-order valence-corrected chi connectivity index (χ1v) is 3.52. The van der Waals surface area contributed by atoms with Crippen LogP contribution in [0.2, 0.25) is 0 Å². The van der Waals surface area contributed by atoms with E-state index in [-0.39, 0.29) is 0 Å². The second-order valence-corrected chi connectivity index (χ2v) is 2.59. The van der Waals surface area contributed by atoms with Crippen LogP contribution >= 0.6 is 0 Å². The standard InChI is InChI=1S/C9H9NO/c1-6-7-4-2-3-5-8(7)11-9(6)10/h2-5H,10H2,1H3. The maximum atomic E-state index is 5.59. The van der Waals surface area contributed by atoms with Crippen molar-refractivity contribution < 1.29 is 4.42 Å². The van der Waals surface area contributed by atoms with E-state index in [1.807, 2.05) is 31.2 Å². The maximum Gasteiger partial charge on any atom is 0.194 e. The van der Waals surface area contributed by atoms with E-state index in [0.717, 1.165) is 16.5 Å². The number of para-hydroxylation sites is 1. The van der Waals surface area contributed by atoms with Gasteiger partial charge >= 0.3 is 0 Å². The zero-order valence-electron chi connectivity index (χ0n) is 6.29. The summed E-state index contributed by atoms with van der Waals surface area (Å²) < 4.78 is 5.28. The average molecular weight is 147 g/mol. The van der Waals surface area contributed by atoms with E-state index in [2.05, 4.69) is 0 Å². The van der Waals surface area contributed by atoms with E-state index in [0.29, 0.717) is 5.88 Å². The molecule has 0 aliphatic carbocycles. The lowest BCUT2D eigenvalue weighted by Gasteiger charge is -1.85. The molecule has 11 heavy (non-hydrogen) atoms. The minimum absolute atomic E-state index is 0.520. The van der Waals surface area contributed by atoms with Crippen molar-refractivity contribution in [1.82, 2.24) is 0 Å². The van der Waals surface area contributed by atoms with Crippen LogP contribution in [0.1, 0.15) is 5.56 Å². The van der Waals surface area contributed by atoms with E-state index in [1.165, 1.54) is 0 Å². The van der Waals surface area contributed by atoms with Crippen LogP contribution in [-0.2, 0) is 0 Å². The first-order valence-electron chi connectivity index (χ1n) is 3.52. The van der Waals surface area contributed by atoms with Crippen LogP contribution in [0.5, 0.6) is 0 Å². The largest absolute Gasteiger partial charge is 0.441 e. The second kappa shape index (κ2) is 2.02. The summed E-state index contributed by atoms with van der Waals surface area (Å²) in [6.45, 7) is 1.96. The number of fused-ring (bicyclic) bond motifs is 1. The monoisotopic (exact) mass is 147 g/mol. The Balaban J connectivity index is 2.92. The van der Waals surface area contributed by atoms with E-state index in [4.69, 9.17) is 10.2 Å². The molecule has 0 fully saturated rings. The molecule has 2 rings (SSSR count). The van der Waals surface area contributed by atoms with Crippen molar-refractivity contribution in [2.45, 2.75) is 6.92 Å². The Morgan fingerprint density at radius 1 is 1.27 bits per heavy atom. The number of aryl methyl sites for hydroxylation is 1. The maximum absolute atomic E-state index is 5.59. The molecule has 0 amide bonds. The molecule has 0 atom stereocenters. The Labute approximate surface area is 64.6 Å². The predicted octanol–water partition coefficient (Wildman–Crippen LogP) is 2.32. The molecular weight excluding hydrogens is 138 g/mol. The third kappa shape index (κ3) is 0.792. The second-order valence-electron chi connectivity index (χ2n) is 2.59. The van der Waals surface area contributed by atoms with Gasteiger partial charge in [0.05, 0.1) is 0 Å². The number of nitrogens with two attached hydrogens (primary N) is 1. The van der Waals surface area contributed by atoms with Crippen molar-refractivity contribution in [3.63, 3.8) is 0 Å². The highest BCUT2D eigenvalue weighted by molar-refractivity contribution is 5.84. The number of hydrogen-bond donors (Lipinski definition) is 1. The summed E-state index contributed by atoms with van der Waals surface area (Å²) in [6.07, 6.45) is 0. The molecule has 0 bridgehead atoms.